The molecule has 0 saturated carbocycles. The molecule has 1 amide bonds. The van der Waals surface area contributed by atoms with E-state index in [-0.39, 0.29) is 0 Å². The highest BCUT2D eigenvalue weighted by atomic mass is 19.2. The summed E-state index contributed by atoms with van der Waals surface area (Å²) in [4.78, 5) is 17.8. The Labute approximate surface area is 195 Å². The molecule has 0 bridgehead atoms. The first-order valence-corrected chi connectivity index (χ1v) is 11.1. The van der Waals surface area contributed by atoms with Crippen LogP contribution in [0.2, 0.25) is 0 Å². The van der Waals surface area contributed by atoms with Gasteiger partial charge >= 0.3 is 0 Å². The summed E-state index contributed by atoms with van der Waals surface area (Å²) < 4.78 is 32.6. The van der Waals surface area contributed by atoms with Crippen LogP contribution in [0.15, 0.2) is 72.9 Å². The van der Waals surface area contributed by atoms with Crippen molar-refractivity contribution in [3.8, 4) is 11.6 Å². The normalized spacial score (nSPS) is 14.2. The first kappa shape index (κ1) is 22.0. The van der Waals surface area contributed by atoms with Crippen LogP contribution >= 0.6 is 0 Å². The molecule has 5 rings (SSSR count). The summed E-state index contributed by atoms with van der Waals surface area (Å²) in [6.45, 7) is 2.60. The second-order valence-electron chi connectivity index (χ2n) is 8.63. The van der Waals surface area contributed by atoms with E-state index in [9.17, 15) is 13.6 Å². The van der Waals surface area contributed by atoms with E-state index in [1.54, 1.807) is 18.2 Å². The second-order valence-corrected chi connectivity index (χ2v) is 8.63. The van der Waals surface area contributed by atoms with Gasteiger partial charge in [-0.2, -0.15) is 0 Å². The number of aromatic nitrogens is 1. The molecule has 0 radical (unpaired) electrons. The highest BCUT2D eigenvalue weighted by Gasteiger charge is 2.27. The Morgan fingerprint density at radius 1 is 1.00 bits per heavy atom. The molecule has 2 N–H and O–H groups in total. The number of pyridine rings is 1. The van der Waals surface area contributed by atoms with Crippen molar-refractivity contribution in [1.29, 1.82) is 0 Å². The number of hydrogen-bond acceptors (Lipinski definition) is 4. The first-order chi connectivity index (χ1) is 16.5. The lowest BCUT2D eigenvalue weighted by Gasteiger charge is -2.39. The molecule has 4 aromatic rings. The molecular weight excluding hydrogens is 436 g/mol. The van der Waals surface area contributed by atoms with Crippen molar-refractivity contribution >= 4 is 16.7 Å². The van der Waals surface area contributed by atoms with E-state index in [1.807, 2.05) is 24.3 Å². The molecule has 1 aromatic heterocycles. The van der Waals surface area contributed by atoms with Crippen LogP contribution in [0.5, 0.6) is 11.6 Å². The van der Waals surface area contributed by atoms with Crippen LogP contribution in [-0.2, 0) is 13.0 Å². The molecule has 0 aliphatic carbocycles. The number of ether oxygens (including phenoxy) is 1. The van der Waals surface area contributed by atoms with Gasteiger partial charge < -0.3 is 10.5 Å². The summed E-state index contributed by atoms with van der Waals surface area (Å²) >= 11 is 0. The molecule has 1 aliphatic rings. The Bertz CT molecular complexity index is 1350. The quantitative estimate of drug-likeness (QED) is 0.419. The minimum atomic E-state index is -0.809. The number of primary amides is 1. The van der Waals surface area contributed by atoms with Crippen LogP contribution in [0.3, 0.4) is 0 Å². The van der Waals surface area contributed by atoms with Gasteiger partial charge in [-0.1, -0.05) is 36.4 Å². The Balaban J connectivity index is 1.27. The zero-order chi connectivity index (χ0) is 23.7. The standard InChI is InChI=1S/C27H23F2N3O2/c28-23-9-7-17(12-24(23)29)11-18-14-32(15-18)16-20-3-1-5-22-21(20)4-2-6-25(22)34-26-10-8-19(13-31-26)27(30)33/h1-10,12-13,18H,11,14-16H2,(H2,30,33). The highest BCUT2D eigenvalue weighted by molar-refractivity contribution is 5.92. The summed E-state index contributed by atoms with van der Waals surface area (Å²) in [5.74, 6) is -0.650. The Kier molecular flexibility index (Phi) is 5.94. The monoisotopic (exact) mass is 459 g/mol. The van der Waals surface area contributed by atoms with Crippen molar-refractivity contribution in [3.05, 3.63) is 101 Å². The number of nitrogens with two attached hydrogens (primary N) is 1. The number of likely N-dealkylation sites (tertiary alicyclic amines) is 1. The largest absolute Gasteiger partial charge is 0.438 e. The van der Waals surface area contributed by atoms with Crippen molar-refractivity contribution in [1.82, 2.24) is 9.88 Å². The SMILES string of the molecule is NC(=O)c1ccc(Oc2cccc3c(CN4CC(Cc5ccc(F)c(F)c5)C4)cccc23)nc1. The summed E-state index contributed by atoms with van der Waals surface area (Å²) in [6, 6.07) is 19.4. The van der Waals surface area contributed by atoms with E-state index in [0.717, 1.165) is 42.4 Å². The summed E-state index contributed by atoms with van der Waals surface area (Å²) in [6.07, 6.45) is 2.14. The fraction of sp³-hybridized carbons (Fsp3) is 0.185. The van der Waals surface area contributed by atoms with Gasteiger partial charge in [0.25, 0.3) is 0 Å². The fourth-order valence-electron chi connectivity index (χ4n) is 4.45. The predicted molar refractivity (Wildman–Crippen MR) is 126 cm³/mol. The third-order valence-corrected chi connectivity index (χ3v) is 6.14. The van der Waals surface area contributed by atoms with Crippen LogP contribution in [0, 0.1) is 17.6 Å². The van der Waals surface area contributed by atoms with Gasteiger partial charge in [0.1, 0.15) is 5.75 Å². The minimum Gasteiger partial charge on any atom is -0.438 e. The van der Waals surface area contributed by atoms with Crippen molar-refractivity contribution in [3.63, 3.8) is 0 Å². The van der Waals surface area contributed by atoms with E-state index in [4.69, 9.17) is 10.5 Å². The topological polar surface area (TPSA) is 68.5 Å². The lowest BCUT2D eigenvalue weighted by Crippen LogP contribution is -2.46. The molecule has 34 heavy (non-hydrogen) atoms. The van der Waals surface area contributed by atoms with Crippen molar-refractivity contribution in [2.45, 2.75) is 13.0 Å². The van der Waals surface area contributed by atoms with E-state index in [1.165, 1.54) is 23.9 Å². The van der Waals surface area contributed by atoms with Gasteiger partial charge in [-0.15, -0.1) is 0 Å². The molecule has 1 saturated heterocycles. The van der Waals surface area contributed by atoms with Crippen molar-refractivity contribution in [2.75, 3.05) is 13.1 Å². The van der Waals surface area contributed by atoms with Gasteiger partial charge in [0.2, 0.25) is 11.8 Å². The molecule has 1 fully saturated rings. The van der Waals surface area contributed by atoms with Gasteiger partial charge in [-0.3, -0.25) is 9.69 Å². The molecule has 5 nitrogen and oxygen atoms in total. The van der Waals surface area contributed by atoms with Gasteiger partial charge in [-0.05, 0) is 53.1 Å². The molecular formula is C27H23F2N3O2. The first-order valence-electron chi connectivity index (χ1n) is 11.1. The van der Waals surface area contributed by atoms with Crippen LogP contribution in [0.4, 0.5) is 8.78 Å². The zero-order valence-electron chi connectivity index (χ0n) is 18.4. The maximum absolute atomic E-state index is 13.5. The second kappa shape index (κ2) is 9.19. The lowest BCUT2D eigenvalue weighted by atomic mass is 9.91. The number of benzene rings is 3. The van der Waals surface area contributed by atoms with E-state index < -0.39 is 17.5 Å². The average Bonchev–Trinajstić information content (AvgIpc) is 2.81. The van der Waals surface area contributed by atoms with E-state index in [2.05, 4.69) is 22.0 Å². The third kappa shape index (κ3) is 4.61. The fourth-order valence-corrected chi connectivity index (χ4v) is 4.45. The minimum absolute atomic E-state index is 0.324. The summed E-state index contributed by atoms with van der Waals surface area (Å²) in [5, 5.41) is 2.07. The third-order valence-electron chi connectivity index (χ3n) is 6.14. The molecule has 1 aliphatic heterocycles. The Morgan fingerprint density at radius 2 is 1.79 bits per heavy atom. The number of amides is 1. The predicted octanol–water partition coefficient (Wildman–Crippen LogP) is 5.08. The number of rotatable bonds is 7. The van der Waals surface area contributed by atoms with Crippen molar-refractivity contribution in [2.24, 2.45) is 11.7 Å². The molecule has 2 heterocycles. The van der Waals surface area contributed by atoms with Gasteiger partial charge in [0.15, 0.2) is 11.6 Å². The number of nitrogens with zero attached hydrogens (tertiary/aromatic N) is 2. The number of hydrogen-bond donors (Lipinski definition) is 1. The van der Waals surface area contributed by atoms with Gasteiger partial charge in [0, 0.05) is 37.3 Å². The molecule has 3 aromatic carbocycles. The van der Waals surface area contributed by atoms with Crippen LogP contribution < -0.4 is 10.5 Å². The number of carbonyl (C=O) groups excluding carboxylic acids is 1. The Hall–Kier alpha value is -3.84. The van der Waals surface area contributed by atoms with Crippen LogP contribution in [-0.4, -0.2) is 28.9 Å². The number of fused-ring (bicyclic) bond motifs is 1. The van der Waals surface area contributed by atoms with Crippen LogP contribution in [0.25, 0.3) is 10.8 Å². The molecule has 7 heteroatoms. The lowest BCUT2D eigenvalue weighted by molar-refractivity contribution is 0.0930. The summed E-state index contributed by atoms with van der Waals surface area (Å²) in [7, 11) is 0. The van der Waals surface area contributed by atoms with Gasteiger partial charge in [0.05, 0.1) is 5.56 Å². The molecule has 0 spiro atoms. The number of carbonyl (C=O) groups is 1. The maximum atomic E-state index is 13.5. The smallest absolute Gasteiger partial charge is 0.250 e. The zero-order valence-corrected chi connectivity index (χ0v) is 18.4. The molecule has 0 atom stereocenters. The summed E-state index contributed by atoms with van der Waals surface area (Å²) in [5.41, 5.74) is 7.61. The van der Waals surface area contributed by atoms with E-state index in [0.29, 0.717) is 23.1 Å². The highest BCUT2D eigenvalue weighted by Crippen LogP contribution is 2.32. The van der Waals surface area contributed by atoms with E-state index >= 15 is 0 Å². The van der Waals surface area contributed by atoms with Gasteiger partial charge in [-0.25, -0.2) is 13.8 Å². The Morgan fingerprint density at radius 3 is 2.53 bits per heavy atom. The number of halogens is 2. The molecule has 0 unspecified atom stereocenters. The molecule has 172 valence electrons. The van der Waals surface area contributed by atoms with Crippen molar-refractivity contribution < 1.29 is 18.3 Å². The maximum Gasteiger partial charge on any atom is 0.250 e. The van der Waals surface area contributed by atoms with Crippen LogP contribution in [0.1, 0.15) is 21.5 Å². The average molecular weight is 459 g/mol.